The highest BCUT2D eigenvalue weighted by Gasteiger charge is 2.30. The molecule has 8 heteroatoms. The summed E-state index contributed by atoms with van der Waals surface area (Å²) in [7, 11) is 0. The number of fused-ring (bicyclic) bond motifs is 1. The van der Waals surface area contributed by atoms with Crippen molar-refractivity contribution in [3.8, 4) is 0 Å². The van der Waals surface area contributed by atoms with Crippen LogP contribution in [0.5, 0.6) is 0 Å². The van der Waals surface area contributed by atoms with Crippen LogP contribution < -0.4 is 4.72 Å². The molecular formula is C34H48N4O3S. The monoisotopic (exact) mass is 592 g/mol. The van der Waals surface area contributed by atoms with Gasteiger partial charge >= 0.3 is 6.09 Å². The van der Waals surface area contributed by atoms with Crippen LogP contribution in [-0.2, 0) is 16.0 Å². The van der Waals surface area contributed by atoms with Gasteiger partial charge in [0.1, 0.15) is 5.60 Å². The Labute approximate surface area is 256 Å². The molecule has 2 aliphatic rings. The van der Waals surface area contributed by atoms with Gasteiger partial charge in [-0.3, -0.25) is 9.62 Å². The van der Waals surface area contributed by atoms with E-state index >= 15 is 0 Å². The van der Waals surface area contributed by atoms with Crippen LogP contribution in [0.2, 0.25) is 0 Å². The average molecular weight is 593 g/mol. The molecule has 2 aromatic carbocycles. The third-order valence-corrected chi connectivity index (χ3v) is 8.29. The summed E-state index contributed by atoms with van der Waals surface area (Å²) in [5.41, 5.74) is 4.09. The summed E-state index contributed by atoms with van der Waals surface area (Å²) in [4.78, 5) is 15.1. The first kappa shape index (κ1) is 32.3. The first-order valence-electron chi connectivity index (χ1n) is 15.4. The quantitative estimate of drug-likeness (QED) is 0.271. The number of hydrogen-bond acceptors (Lipinski definition) is 7. The van der Waals surface area contributed by atoms with Gasteiger partial charge in [-0.05, 0) is 81.5 Å². The number of rotatable bonds is 8. The first-order chi connectivity index (χ1) is 20.3. The molecule has 0 radical (unpaired) electrons. The number of aromatic nitrogens is 2. The largest absolute Gasteiger partial charge is 0.442 e. The molecule has 3 atom stereocenters. The van der Waals surface area contributed by atoms with Gasteiger partial charge in [0, 0.05) is 37.0 Å². The van der Waals surface area contributed by atoms with Crippen LogP contribution in [0.15, 0.2) is 60.8 Å². The van der Waals surface area contributed by atoms with Crippen LogP contribution in [0.4, 0.5) is 4.79 Å². The van der Waals surface area contributed by atoms with Crippen molar-refractivity contribution < 1.29 is 14.3 Å². The normalized spacial score (nSPS) is 21.4. The number of hydrogen-bond donors (Lipinski definition) is 1. The van der Waals surface area contributed by atoms with E-state index in [0.717, 1.165) is 62.8 Å². The molecule has 3 unspecified atom stereocenters. The van der Waals surface area contributed by atoms with Gasteiger partial charge in [-0.2, -0.15) is 9.78 Å². The molecule has 7 nitrogen and oxygen atoms in total. The second kappa shape index (κ2) is 15.2. The predicted molar refractivity (Wildman–Crippen MR) is 175 cm³/mol. The highest BCUT2D eigenvalue weighted by molar-refractivity contribution is 7.96. The maximum absolute atomic E-state index is 12.5. The summed E-state index contributed by atoms with van der Waals surface area (Å²) in [6.45, 7) is 13.5. The molecule has 0 bridgehead atoms. The van der Waals surface area contributed by atoms with Crippen LogP contribution in [0.1, 0.15) is 71.4 Å². The number of nitrogens with one attached hydrogen (secondary N) is 1. The maximum atomic E-state index is 12.5. The number of allylic oxidation sites excluding steroid dienone is 1. The van der Waals surface area contributed by atoms with E-state index in [9.17, 15) is 4.79 Å². The number of benzene rings is 2. The van der Waals surface area contributed by atoms with Crippen molar-refractivity contribution >= 4 is 34.5 Å². The lowest BCUT2D eigenvalue weighted by Crippen LogP contribution is -2.49. The molecule has 1 aliphatic carbocycles. The molecule has 42 heavy (non-hydrogen) atoms. The first-order valence-corrected chi connectivity index (χ1v) is 16.6. The summed E-state index contributed by atoms with van der Waals surface area (Å²) >= 11 is 1.72. The predicted octanol–water partition coefficient (Wildman–Crippen LogP) is 7.56. The molecule has 228 valence electrons. The number of carbonyl (C=O) groups is 1. The zero-order valence-electron chi connectivity index (χ0n) is 26.1. The molecule has 1 aliphatic heterocycles. The maximum Gasteiger partial charge on any atom is 0.435 e. The fourth-order valence-corrected chi connectivity index (χ4v) is 6.35. The van der Waals surface area contributed by atoms with Gasteiger partial charge in [-0.15, -0.1) is 0 Å². The molecule has 1 N–H and O–H groups in total. The summed E-state index contributed by atoms with van der Waals surface area (Å²) in [6.07, 6.45) is 10.0. The van der Waals surface area contributed by atoms with Gasteiger partial charge in [0.15, 0.2) is 0 Å². The SMILES string of the molecule is CC.CSNC1CCN(Cc2ccccc2)CC1COC1CC=C(c2ccc3c(cnn3C(=O)OC(C)(C)C)c2)CC1. The highest BCUT2D eigenvalue weighted by Crippen LogP contribution is 2.31. The van der Waals surface area contributed by atoms with Gasteiger partial charge in [0.05, 0.1) is 24.4 Å². The van der Waals surface area contributed by atoms with E-state index in [-0.39, 0.29) is 6.10 Å². The number of piperidine rings is 1. The Balaban J connectivity index is 0.00000198. The molecule has 5 rings (SSSR count). The van der Waals surface area contributed by atoms with E-state index in [0.29, 0.717) is 12.0 Å². The zero-order valence-corrected chi connectivity index (χ0v) is 27.0. The Bertz CT molecular complexity index is 1320. The van der Waals surface area contributed by atoms with Gasteiger partial charge in [0.2, 0.25) is 0 Å². The van der Waals surface area contributed by atoms with Crippen molar-refractivity contribution in [2.45, 2.75) is 84.6 Å². The smallest absolute Gasteiger partial charge is 0.435 e. The molecule has 2 heterocycles. The van der Waals surface area contributed by atoms with Crippen molar-refractivity contribution in [2.75, 3.05) is 26.0 Å². The standard InChI is InChI=1S/C32H42N4O3S.C2H6/c1-32(2,3)39-31(37)36-30-15-12-25(18-26(30)19-33-36)24-10-13-28(14-11-24)38-22-27-21-35(17-16-29(27)34-40-4)20-23-8-6-5-7-9-23;1-2/h5-10,12,15,18-19,27-29,34H,11,13-14,16-17,20-22H2,1-4H3;1-2H3. The Kier molecular flexibility index (Phi) is 11.7. The lowest BCUT2D eigenvalue weighted by molar-refractivity contribution is -0.00308. The lowest BCUT2D eigenvalue weighted by Gasteiger charge is -2.39. The highest BCUT2D eigenvalue weighted by atomic mass is 32.2. The zero-order chi connectivity index (χ0) is 30.1. The Morgan fingerprint density at radius 1 is 1.12 bits per heavy atom. The van der Waals surface area contributed by atoms with Crippen LogP contribution in [0.25, 0.3) is 16.5 Å². The fourth-order valence-electron chi connectivity index (χ4n) is 5.73. The van der Waals surface area contributed by atoms with E-state index in [4.69, 9.17) is 9.47 Å². The summed E-state index contributed by atoms with van der Waals surface area (Å²) in [5.74, 6) is 0.471. The second-order valence-electron chi connectivity index (χ2n) is 12.0. The Morgan fingerprint density at radius 2 is 1.90 bits per heavy atom. The Morgan fingerprint density at radius 3 is 2.60 bits per heavy atom. The van der Waals surface area contributed by atoms with Crippen molar-refractivity contribution in [3.63, 3.8) is 0 Å². The molecule has 1 saturated heterocycles. The van der Waals surface area contributed by atoms with Crippen molar-refractivity contribution in [2.24, 2.45) is 5.92 Å². The van der Waals surface area contributed by atoms with Crippen molar-refractivity contribution in [3.05, 3.63) is 71.9 Å². The molecular weight excluding hydrogens is 544 g/mol. The number of likely N-dealkylation sites (tertiary alicyclic amines) is 1. The van der Waals surface area contributed by atoms with Crippen molar-refractivity contribution in [1.29, 1.82) is 0 Å². The summed E-state index contributed by atoms with van der Waals surface area (Å²) in [5, 5.41) is 5.22. The van der Waals surface area contributed by atoms with Crippen LogP contribution >= 0.6 is 11.9 Å². The minimum atomic E-state index is -0.564. The van der Waals surface area contributed by atoms with Gasteiger partial charge in [0.25, 0.3) is 0 Å². The lowest BCUT2D eigenvalue weighted by atomic mass is 9.90. The van der Waals surface area contributed by atoms with Crippen LogP contribution in [0.3, 0.4) is 0 Å². The molecule has 3 aromatic rings. The fraction of sp³-hybridized carbons (Fsp3) is 0.529. The van der Waals surface area contributed by atoms with Gasteiger partial charge in [-0.1, -0.05) is 68.3 Å². The topological polar surface area (TPSA) is 68.6 Å². The molecule has 0 amide bonds. The number of ether oxygens (including phenoxy) is 2. The van der Waals surface area contributed by atoms with E-state index in [2.05, 4.69) is 69.5 Å². The minimum absolute atomic E-state index is 0.252. The van der Waals surface area contributed by atoms with Crippen LogP contribution in [0, 0.1) is 5.92 Å². The molecule has 1 aromatic heterocycles. The Hall–Kier alpha value is -2.65. The van der Waals surface area contributed by atoms with E-state index in [1.807, 2.05) is 40.7 Å². The van der Waals surface area contributed by atoms with Crippen LogP contribution in [-0.4, -0.2) is 64.5 Å². The molecule has 0 saturated carbocycles. The van der Waals surface area contributed by atoms with Crippen molar-refractivity contribution in [1.82, 2.24) is 19.4 Å². The molecule has 1 fully saturated rings. The number of carbonyl (C=O) groups excluding carboxylic acids is 1. The number of nitrogens with zero attached hydrogens (tertiary/aromatic N) is 3. The third-order valence-electron chi connectivity index (χ3n) is 7.75. The van der Waals surface area contributed by atoms with E-state index < -0.39 is 11.7 Å². The van der Waals surface area contributed by atoms with E-state index in [1.165, 1.54) is 21.4 Å². The minimum Gasteiger partial charge on any atom is -0.442 e. The molecule has 0 spiro atoms. The summed E-state index contributed by atoms with van der Waals surface area (Å²) in [6, 6.07) is 17.4. The van der Waals surface area contributed by atoms with E-state index in [1.54, 1.807) is 18.1 Å². The second-order valence-corrected chi connectivity index (χ2v) is 12.6. The average Bonchev–Trinajstić information content (AvgIpc) is 3.42. The van der Waals surface area contributed by atoms with Gasteiger partial charge < -0.3 is 9.47 Å². The summed E-state index contributed by atoms with van der Waals surface area (Å²) < 4.78 is 17.0. The van der Waals surface area contributed by atoms with Gasteiger partial charge in [-0.25, -0.2) is 4.79 Å². The third kappa shape index (κ3) is 8.69.